The Bertz CT molecular complexity index is 784. The molecule has 1 aliphatic rings. The fraction of sp³-hybridized carbons (Fsp3) is 0.350. The van der Waals surface area contributed by atoms with Gasteiger partial charge < -0.3 is 4.90 Å². The molecular formula is C20H21F3N2O. The summed E-state index contributed by atoms with van der Waals surface area (Å²) in [4.78, 5) is 15.9. The number of carbonyl (C=O) groups excluding carboxylic acids is 1. The molecule has 1 fully saturated rings. The predicted octanol–water partition coefficient (Wildman–Crippen LogP) is 5.27. The van der Waals surface area contributed by atoms with E-state index in [4.69, 9.17) is 0 Å². The smallest absolute Gasteiger partial charge is 0.318 e. The largest absolute Gasteiger partial charge is 0.416 e. The third-order valence-corrected chi connectivity index (χ3v) is 4.59. The molecule has 0 spiro atoms. The van der Waals surface area contributed by atoms with E-state index in [2.05, 4.69) is 13.8 Å². The van der Waals surface area contributed by atoms with Gasteiger partial charge in [-0.15, -0.1) is 0 Å². The Hall–Kier alpha value is -2.50. The SMILES string of the molecule is CC(C)c1ccc(N2CCN(Cc3cccc(C(F)(F)F)c3)C2=O)cc1. The molecule has 0 N–H and O–H groups in total. The predicted molar refractivity (Wildman–Crippen MR) is 95.1 cm³/mol. The normalized spacial score (nSPS) is 15.2. The van der Waals surface area contributed by atoms with Crippen molar-refractivity contribution < 1.29 is 18.0 Å². The second-order valence-corrected chi connectivity index (χ2v) is 6.80. The van der Waals surface area contributed by atoms with Crippen LogP contribution in [0.15, 0.2) is 48.5 Å². The minimum Gasteiger partial charge on any atom is -0.318 e. The van der Waals surface area contributed by atoms with E-state index >= 15 is 0 Å². The number of anilines is 1. The Balaban J connectivity index is 1.71. The molecular weight excluding hydrogens is 341 g/mol. The molecule has 0 saturated carbocycles. The van der Waals surface area contributed by atoms with Crippen molar-refractivity contribution in [2.45, 2.75) is 32.5 Å². The van der Waals surface area contributed by atoms with Crippen LogP contribution in [0.25, 0.3) is 0 Å². The molecule has 6 heteroatoms. The van der Waals surface area contributed by atoms with Gasteiger partial charge in [-0.3, -0.25) is 4.90 Å². The second-order valence-electron chi connectivity index (χ2n) is 6.80. The van der Waals surface area contributed by atoms with Crippen molar-refractivity contribution in [3.8, 4) is 0 Å². The number of halogens is 3. The van der Waals surface area contributed by atoms with Gasteiger partial charge in [-0.1, -0.05) is 38.1 Å². The van der Waals surface area contributed by atoms with Crippen LogP contribution in [0.4, 0.5) is 23.7 Å². The summed E-state index contributed by atoms with van der Waals surface area (Å²) in [6, 6.07) is 12.8. The van der Waals surface area contributed by atoms with E-state index in [1.54, 1.807) is 15.9 Å². The molecule has 138 valence electrons. The Morgan fingerprint density at radius 3 is 2.35 bits per heavy atom. The first-order valence-corrected chi connectivity index (χ1v) is 8.58. The van der Waals surface area contributed by atoms with Crippen LogP contribution < -0.4 is 4.90 Å². The van der Waals surface area contributed by atoms with Crippen LogP contribution in [-0.2, 0) is 12.7 Å². The molecule has 0 aliphatic carbocycles. The van der Waals surface area contributed by atoms with Crippen molar-refractivity contribution in [2.75, 3.05) is 18.0 Å². The number of benzene rings is 2. The number of amides is 2. The summed E-state index contributed by atoms with van der Waals surface area (Å²) in [5.74, 6) is 0.413. The van der Waals surface area contributed by atoms with Gasteiger partial charge in [0.2, 0.25) is 0 Å². The zero-order valence-corrected chi connectivity index (χ0v) is 14.8. The van der Waals surface area contributed by atoms with Crippen molar-refractivity contribution in [3.63, 3.8) is 0 Å². The molecule has 0 radical (unpaired) electrons. The lowest BCUT2D eigenvalue weighted by molar-refractivity contribution is -0.137. The van der Waals surface area contributed by atoms with Crippen molar-refractivity contribution >= 4 is 11.7 Å². The molecule has 2 amide bonds. The highest BCUT2D eigenvalue weighted by Crippen LogP contribution is 2.30. The number of hydrogen-bond acceptors (Lipinski definition) is 1. The lowest BCUT2D eigenvalue weighted by Gasteiger charge is -2.20. The number of urea groups is 1. The lowest BCUT2D eigenvalue weighted by Crippen LogP contribution is -2.31. The first-order valence-electron chi connectivity index (χ1n) is 8.58. The Morgan fingerprint density at radius 2 is 1.73 bits per heavy atom. The molecule has 1 saturated heterocycles. The summed E-state index contributed by atoms with van der Waals surface area (Å²) in [5, 5.41) is 0. The van der Waals surface area contributed by atoms with Gasteiger partial charge in [0.1, 0.15) is 0 Å². The fourth-order valence-electron chi connectivity index (χ4n) is 3.07. The standard InChI is InChI=1S/C20H21F3N2O/c1-14(2)16-6-8-18(9-7-16)25-11-10-24(19(25)26)13-15-4-3-5-17(12-15)20(21,22)23/h3-9,12,14H,10-11,13H2,1-2H3. The van der Waals surface area contributed by atoms with Gasteiger partial charge in [0.05, 0.1) is 5.56 Å². The molecule has 2 aromatic rings. The van der Waals surface area contributed by atoms with Gasteiger partial charge in [-0.25, -0.2) is 4.79 Å². The highest BCUT2D eigenvalue weighted by molar-refractivity contribution is 5.94. The Kier molecular flexibility index (Phi) is 4.94. The summed E-state index contributed by atoms with van der Waals surface area (Å²) in [7, 11) is 0. The van der Waals surface area contributed by atoms with Gasteiger partial charge >= 0.3 is 12.2 Å². The summed E-state index contributed by atoms with van der Waals surface area (Å²) < 4.78 is 38.5. The number of carbonyl (C=O) groups is 1. The van der Waals surface area contributed by atoms with Gasteiger partial charge in [0, 0.05) is 25.3 Å². The summed E-state index contributed by atoms with van der Waals surface area (Å²) in [5.41, 5.74) is 1.79. The van der Waals surface area contributed by atoms with Gasteiger partial charge in [-0.2, -0.15) is 13.2 Å². The molecule has 26 heavy (non-hydrogen) atoms. The van der Waals surface area contributed by atoms with Crippen molar-refractivity contribution in [3.05, 3.63) is 65.2 Å². The average molecular weight is 362 g/mol. The van der Waals surface area contributed by atoms with Crippen molar-refractivity contribution in [1.82, 2.24) is 4.90 Å². The topological polar surface area (TPSA) is 23.6 Å². The quantitative estimate of drug-likeness (QED) is 0.727. The monoisotopic (exact) mass is 362 g/mol. The third-order valence-electron chi connectivity index (χ3n) is 4.59. The summed E-state index contributed by atoms with van der Waals surface area (Å²) in [6.07, 6.45) is -4.38. The van der Waals surface area contributed by atoms with Crippen LogP contribution >= 0.6 is 0 Å². The molecule has 2 aromatic carbocycles. The van der Waals surface area contributed by atoms with Crippen LogP contribution in [-0.4, -0.2) is 24.0 Å². The molecule has 0 atom stereocenters. The number of hydrogen-bond donors (Lipinski definition) is 0. The van der Waals surface area contributed by atoms with Crippen LogP contribution in [0.5, 0.6) is 0 Å². The molecule has 0 aromatic heterocycles. The lowest BCUT2D eigenvalue weighted by atomic mass is 10.0. The Labute approximate surface area is 151 Å². The van der Waals surface area contributed by atoms with E-state index in [-0.39, 0.29) is 12.6 Å². The number of nitrogens with zero attached hydrogens (tertiary/aromatic N) is 2. The number of rotatable bonds is 4. The zero-order chi connectivity index (χ0) is 18.9. The molecule has 0 bridgehead atoms. The maximum atomic E-state index is 12.8. The third kappa shape index (κ3) is 3.84. The average Bonchev–Trinajstić information content (AvgIpc) is 2.95. The molecule has 1 aliphatic heterocycles. The minimum atomic E-state index is -4.38. The van der Waals surface area contributed by atoms with Gasteiger partial charge in [0.25, 0.3) is 0 Å². The fourth-order valence-corrected chi connectivity index (χ4v) is 3.07. The maximum Gasteiger partial charge on any atom is 0.416 e. The zero-order valence-electron chi connectivity index (χ0n) is 14.8. The highest BCUT2D eigenvalue weighted by atomic mass is 19.4. The van der Waals surface area contributed by atoms with E-state index in [1.165, 1.54) is 11.6 Å². The molecule has 1 heterocycles. The highest BCUT2D eigenvalue weighted by Gasteiger charge is 2.32. The van der Waals surface area contributed by atoms with Crippen LogP contribution in [0.1, 0.15) is 36.5 Å². The van der Waals surface area contributed by atoms with E-state index < -0.39 is 11.7 Å². The molecule has 3 nitrogen and oxygen atoms in total. The van der Waals surface area contributed by atoms with Crippen LogP contribution in [0, 0.1) is 0 Å². The van der Waals surface area contributed by atoms with Gasteiger partial charge in [0.15, 0.2) is 0 Å². The first kappa shape index (κ1) is 18.3. The second kappa shape index (κ2) is 7.02. The van der Waals surface area contributed by atoms with Crippen molar-refractivity contribution in [1.29, 1.82) is 0 Å². The summed E-state index contributed by atoms with van der Waals surface area (Å²) in [6.45, 7) is 5.39. The van der Waals surface area contributed by atoms with E-state index in [1.807, 2.05) is 24.3 Å². The minimum absolute atomic E-state index is 0.170. The van der Waals surface area contributed by atoms with E-state index in [9.17, 15) is 18.0 Å². The Morgan fingerprint density at radius 1 is 1.04 bits per heavy atom. The van der Waals surface area contributed by atoms with E-state index in [0.717, 1.165) is 17.8 Å². The molecule has 0 unspecified atom stereocenters. The van der Waals surface area contributed by atoms with Crippen LogP contribution in [0.3, 0.4) is 0 Å². The van der Waals surface area contributed by atoms with Crippen molar-refractivity contribution in [2.24, 2.45) is 0 Å². The number of alkyl halides is 3. The van der Waals surface area contributed by atoms with Crippen LogP contribution in [0.2, 0.25) is 0 Å². The van der Waals surface area contributed by atoms with Gasteiger partial charge in [-0.05, 0) is 41.3 Å². The van der Waals surface area contributed by atoms with E-state index in [0.29, 0.717) is 24.6 Å². The molecule has 3 rings (SSSR count). The maximum absolute atomic E-state index is 12.8. The first-order chi connectivity index (χ1) is 12.3. The summed E-state index contributed by atoms with van der Waals surface area (Å²) >= 11 is 0.